The molecule has 1 unspecified atom stereocenters. The molecule has 3 fully saturated rings. The Balaban J connectivity index is 0.00000468. The Morgan fingerprint density at radius 3 is 2.18 bits per heavy atom. The van der Waals surface area contributed by atoms with Crippen molar-refractivity contribution < 1.29 is 39.0 Å². The molecule has 2 bridgehead atoms. The van der Waals surface area contributed by atoms with E-state index in [-0.39, 0.29) is 24.0 Å². The fourth-order valence-electron chi connectivity index (χ4n) is 6.39. The lowest BCUT2D eigenvalue weighted by Gasteiger charge is -2.44. The number of pyridine rings is 1. The van der Waals surface area contributed by atoms with Crippen molar-refractivity contribution in [3.05, 3.63) is 117 Å². The molecule has 7 rings (SSSR count). The maximum absolute atomic E-state index is 13.6. The van der Waals surface area contributed by atoms with Gasteiger partial charge in [0.1, 0.15) is 22.3 Å². The minimum absolute atomic E-state index is 0. The number of hydrogen-bond acceptors (Lipinski definition) is 9. The molecule has 0 amide bonds. The average Bonchev–Trinajstić information content (AvgIpc) is 3.12. The number of halogens is 2. The predicted octanol–water partition coefficient (Wildman–Crippen LogP) is 6.58. The maximum atomic E-state index is 13.6. The second-order valence-corrected chi connectivity index (χ2v) is 12.8. The highest BCUT2D eigenvalue weighted by Gasteiger charge is 2.38. The molecule has 1 aromatic heterocycles. The molecule has 4 heterocycles. The van der Waals surface area contributed by atoms with Gasteiger partial charge in [0.05, 0.1) is 19.8 Å². The third kappa shape index (κ3) is 8.45. The zero-order valence-electron chi connectivity index (χ0n) is 27.2. The summed E-state index contributed by atoms with van der Waals surface area (Å²) >= 11 is 12.9. The van der Waals surface area contributed by atoms with Crippen LogP contribution in [0, 0.1) is 5.92 Å². The fourth-order valence-corrected chi connectivity index (χ4v) is 6.92. The Labute approximate surface area is 295 Å². The number of H-pyrrole nitrogens is 1. The van der Waals surface area contributed by atoms with E-state index in [2.05, 4.69) is 15.2 Å². The summed E-state index contributed by atoms with van der Waals surface area (Å²) in [6.07, 6.45) is 4.70. The van der Waals surface area contributed by atoms with E-state index in [4.69, 9.17) is 42.1 Å². The van der Waals surface area contributed by atoms with Crippen LogP contribution in [0.4, 0.5) is 5.69 Å². The highest BCUT2D eigenvalue weighted by molar-refractivity contribution is 6.35. The van der Waals surface area contributed by atoms with Crippen LogP contribution in [0.2, 0.25) is 10.0 Å². The smallest absolute Gasteiger partial charge is 0.338 e. The highest BCUT2D eigenvalue weighted by atomic mass is 35.5. The first-order valence-corrected chi connectivity index (χ1v) is 16.7. The summed E-state index contributed by atoms with van der Waals surface area (Å²) in [4.78, 5) is 32.4. The van der Waals surface area contributed by atoms with Gasteiger partial charge < -0.3 is 29.7 Å². The summed E-state index contributed by atoms with van der Waals surface area (Å²) in [7, 11) is 3.09. The number of hydrogen-bond donors (Lipinski definition) is 1. The van der Waals surface area contributed by atoms with Crippen LogP contribution in [0.25, 0.3) is 0 Å². The zero-order chi connectivity index (χ0) is 33.6. The Hall–Kier alpha value is -4.35. The van der Waals surface area contributed by atoms with Crippen LogP contribution in [-0.4, -0.2) is 62.3 Å². The minimum atomic E-state index is -0.754. The summed E-state index contributed by atoms with van der Waals surface area (Å²) in [5.74, 6) is 0.566. The molecule has 3 saturated heterocycles. The van der Waals surface area contributed by atoms with Crippen molar-refractivity contribution in [2.75, 3.05) is 39.2 Å². The van der Waals surface area contributed by atoms with Crippen molar-refractivity contribution >= 4 is 40.8 Å². The average molecular weight is 709 g/mol. The molecular formula is C37H39Cl2N3O7. The maximum Gasteiger partial charge on any atom is 0.338 e. The molecule has 3 aliphatic heterocycles. The molecule has 258 valence electrons. The van der Waals surface area contributed by atoms with E-state index >= 15 is 0 Å². The number of nitrogens with zero attached hydrogens (tertiary/aromatic N) is 1. The summed E-state index contributed by atoms with van der Waals surface area (Å²) in [6.45, 7) is 2.91. The molecule has 3 N–H and O–H groups in total. The van der Waals surface area contributed by atoms with E-state index in [1.54, 1.807) is 63.0 Å². The number of nitrogens with one attached hydrogen (secondary N) is 2. The molecule has 0 saturated carbocycles. The van der Waals surface area contributed by atoms with Crippen LogP contribution in [0.3, 0.4) is 0 Å². The van der Waals surface area contributed by atoms with Gasteiger partial charge in [0.15, 0.2) is 29.9 Å². The number of ether oxygens (including phenoxy) is 4. The Morgan fingerprint density at radius 1 is 0.898 bits per heavy atom. The molecule has 0 spiro atoms. The fraction of sp³-hybridized carbons (Fsp3) is 0.324. The number of esters is 2. The molecule has 3 aliphatic rings. The first-order chi connectivity index (χ1) is 23.3. The molecule has 3 aromatic carbocycles. The Morgan fingerprint density at radius 2 is 1.57 bits per heavy atom. The van der Waals surface area contributed by atoms with E-state index in [0.29, 0.717) is 49.8 Å². The minimum Gasteiger partial charge on any atom is -0.870 e. The van der Waals surface area contributed by atoms with Gasteiger partial charge in [-0.1, -0.05) is 59.6 Å². The predicted molar refractivity (Wildman–Crippen MR) is 185 cm³/mol. The van der Waals surface area contributed by atoms with Crippen LogP contribution in [0.5, 0.6) is 11.5 Å². The number of carbonyl (C=O) groups excluding carboxylic acids is 2. The number of carbonyl (C=O) groups is 2. The van der Waals surface area contributed by atoms with Crippen molar-refractivity contribution in [1.82, 2.24) is 4.90 Å². The third-order valence-corrected chi connectivity index (χ3v) is 9.75. The summed E-state index contributed by atoms with van der Waals surface area (Å²) in [5, 5.41) is 4.16. The number of piperidine rings is 3. The van der Waals surface area contributed by atoms with E-state index in [1.165, 1.54) is 0 Å². The standard InChI is InChI=1S/C37H37Cl2N3O6.H2O/c1-45-31-13-10-26(18-33(31)46-2)32(19-28-29(38)20-40-21-30(28)39)47-36(43)25-8-11-27(12-9-25)41-35(24-6-4-3-5-7-24)37(44)48-34-22-42-16-14-23(34)15-17-42;/h3-13,18,20-21,23,32,34-35,41H,14-17,19,22H2,1-2H3;1H2/t32-,34-,35?;/m0./s1. The quantitative estimate of drug-likeness (QED) is 0.162. The first kappa shape index (κ1) is 35.9. The second kappa shape index (κ2) is 16.4. The lowest BCUT2D eigenvalue weighted by molar-refractivity contribution is -0.377. The molecule has 4 aromatic rings. The SMILES string of the molecule is COc1ccc([C@H](Cc2c(Cl)c[nH+]cc2Cl)OC(=O)c2ccc(NC(C(=O)O[C@H]3CN4CCC3CC4)c3ccccc3)cc2)cc1OC.[OH-]. The number of aromatic amines is 1. The number of benzene rings is 3. The van der Waals surface area contributed by atoms with Gasteiger partial charge in [-0.15, -0.1) is 0 Å². The van der Waals surface area contributed by atoms with Crippen LogP contribution >= 0.6 is 23.2 Å². The zero-order valence-corrected chi connectivity index (χ0v) is 28.7. The molecule has 12 heteroatoms. The molecule has 49 heavy (non-hydrogen) atoms. The van der Waals surface area contributed by atoms with Crippen LogP contribution in [0.1, 0.15) is 52.0 Å². The Kier molecular flexibility index (Phi) is 12.0. The molecule has 10 nitrogen and oxygen atoms in total. The number of rotatable bonds is 12. The lowest BCUT2D eigenvalue weighted by Crippen LogP contribution is -2.52. The summed E-state index contributed by atoms with van der Waals surface area (Å²) in [6, 6.07) is 20.9. The van der Waals surface area contributed by atoms with Gasteiger partial charge in [0, 0.05) is 24.2 Å². The van der Waals surface area contributed by atoms with E-state index in [9.17, 15) is 9.59 Å². The molecule has 0 aliphatic carbocycles. The summed E-state index contributed by atoms with van der Waals surface area (Å²) < 4.78 is 23.1. The molecule has 3 atom stereocenters. The van der Waals surface area contributed by atoms with Crippen molar-refractivity contribution in [3.8, 4) is 11.5 Å². The van der Waals surface area contributed by atoms with E-state index < -0.39 is 18.1 Å². The number of methoxy groups -OCH3 is 2. The van der Waals surface area contributed by atoms with Crippen LogP contribution in [-0.2, 0) is 20.7 Å². The molecular weight excluding hydrogens is 669 g/mol. The third-order valence-electron chi connectivity index (χ3n) is 9.08. The second-order valence-electron chi connectivity index (χ2n) is 12.0. The van der Waals surface area contributed by atoms with Crippen molar-refractivity contribution in [1.29, 1.82) is 0 Å². The lowest BCUT2D eigenvalue weighted by atomic mass is 9.86. The largest absolute Gasteiger partial charge is 0.870 e. The van der Waals surface area contributed by atoms with Crippen molar-refractivity contribution in [2.45, 2.75) is 37.5 Å². The van der Waals surface area contributed by atoms with Gasteiger partial charge in [-0.3, -0.25) is 4.90 Å². The van der Waals surface area contributed by atoms with Crippen molar-refractivity contribution in [3.63, 3.8) is 0 Å². The van der Waals surface area contributed by atoms with Gasteiger partial charge >= 0.3 is 11.9 Å². The monoisotopic (exact) mass is 707 g/mol. The highest BCUT2D eigenvalue weighted by Crippen LogP contribution is 2.36. The van der Waals surface area contributed by atoms with Crippen molar-refractivity contribution in [2.24, 2.45) is 5.92 Å². The summed E-state index contributed by atoms with van der Waals surface area (Å²) in [5.41, 5.74) is 3.08. The van der Waals surface area contributed by atoms with Crippen LogP contribution in [0.15, 0.2) is 85.2 Å². The molecule has 0 radical (unpaired) electrons. The van der Waals surface area contributed by atoms with Gasteiger partial charge in [-0.2, -0.15) is 0 Å². The number of anilines is 1. The van der Waals surface area contributed by atoms with Gasteiger partial charge in [-0.05, 0) is 79.4 Å². The van der Waals surface area contributed by atoms with Gasteiger partial charge in [0.2, 0.25) is 0 Å². The normalized spacial score (nSPS) is 19.1. The Bertz CT molecular complexity index is 1710. The topological polar surface area (TPSA) is 130 Å². The van der Waals surface area contributed by atoms with Gasteiger partial charge in [-0.25, -0.2) is 14.6 Å². The van der Waals surface area contributed by atoms with Crippen LogP contribution < -0.4 is 19.8 Å². The number of fused-ring (bicyclic) bond motifs is 3. The van der Waals surface area contributed by atoms with E-state index in [1.807, 2.05) is 36.4 Å². The number of aromatic nitrogens is 1. The van der Waals surface area contributed by atoms with E-state index in [0.717, 1.165) is 38.0 Å². The van der Waals surface area contributed by atoms with Gasteiger partial charge in [0.25, 0.3) is 0 Å². The first-order valence-electron chi connectivity index (χ1n) is 15.9.